The summed E-state index contributed by atoms with van der Waals surface area (Å²) in [5, 5.41) is 12.2. The van der Waals surface area contributed by atoms with Crippen molar-refractivity contribution in [1.29, 1.82) is 5.26 Å². The molecule has 0 unspecified atom stereocenters. The number of carbonyl (C=O) groups is 1. The first-order chi connectivity index (χ1) is 12.6. The Bertz CT molecular complexity index is 885. The zero-order chi connectivity index (χ0) is 18.5. The molecule has 132 valence electrons. The normalized spacial score (nSPS) is 13.7. The highest BCUT2D eigenvalue weighted by Gasteiger charge is 2.20. The van der Waals surface area contributed by atoms with Gasteiger partial charge in [-0.2, -0.15) is 5.26 Å². The van der Waals surface area contributed by atoms with Crippen LogP contribution in [0.1, 0.15) is 24.1 Å². The lowest BCUT2D eigenvalue weighted by molar-refractivity contribution is -0.117. The van der Waals surface area contributed by atoms with Gasteiger partial charge in [0.1, 0.15) is 11.6 Å². The second kappa shape index (κ2) is 7.62. The quantitative estimate of drug-likeness (QED) is 0.661. The van der Waals surface area contributed by atoms with E-state index in [0.29, 0.717) is 22.8 Å². The Kier molecular flexibility index (Phi) is 5.09. The highest BCUT2D eigenvalue weighted by molar-refractivity contribution is 6.02. The lowest BCUT2D eigenvalue weighted by Crippen LogP contribution is -2.27. The SMILES string of the molecule is COc1cc(/C=C(\C#N)C(=O)N[C@H](C)c2ccccc2)cc2c1OCO2. The molecule has 26 heavy (non-hydrogen) atoms. The molecule has 3 rings (SSSR count). The van der Waals surface area contributed by atoms with Gasteiger partial charge in [0.15, 0.2) is 11.5 Å². The van der Waals surface area contributed by atoms with Crippen LogP contribution >= 0.6 is 0 Å². The van der Waals surface area contributed by atoms with E-state index in [-0.39, 0.29) is 18.4 Å². The van der Waals surface area contributed by atoms with Crippen LogP contribution in [-0.4, -0.2) is 19.8 Å². The molecule has 0 fully saturated rings. The van der Waals surface area contributed by atoms with E-state index in [2.05, 4.69) is 5.32 Å². The molecule has 1 amide bonds. The van der Waals surface area contributed by atoms with E-state index in [1.54, 1.807) is 12.1 Å². The van der Waals surface area contributed by atoms with Gasteiger partial charge < -0.3 is 19.5 Å². The molecular weight excluding hydrogens is 332 g/mol. The van der Waals surface area contributed by atoms with Crippen molar-refractivity contribution in [2.75, 3.05) is 13.9 Å². The summed E-state index contributed by atoms with van der Waals surface area (Å²) >= 11 is 0. The van der Waals surface area contributed by atoms with Crippen LogP contribution in [0.5, 0.6) is 17.2 Å². The molecule has 0 bridgehead atoms. The Hall–Kier alpha value is -3.46. The van der Waals surface area contributed by atoms with Crippen LogP contribution in [-0.2, 0) is 4.79 Å². The number of methoxy groups -OCH3 is 1. The van der Waals surface area contributed by atoms with Crippen molar-refractivity contribution in [3.05, 3.63) is 59.2 Å². The second-order valence-electron chi connectivity index (χ2n) is 5.73. The predicted octanol–water partition coefficient (Wildman–Crippen LogP) is 3.21. The van der Waals surface area contributed by atoms with Crippen LogP contribution < -0.4 is 19.5 Å². The van der Waals surface area contributed by atoms with Crippen LogP contribution in [0, 0.1) is 11.3 Å². The smallest absolute Gasteiger partial charge is 0.262 e. The number of hydrogen-bond donors (Lipinski definition) is 1. The molecule has 1 heterocycles. The van der Waals surface area contributed by atoms with Gasteiger partial charge in [-0.1, -0.05) is 30.3 Å². The van der Waals surface area contributed by atoms with Crippen molar-refractivity contribution in [3.63, 3.8) is 0 Å². The topological polar surface area (TPSA) is 80.6 Å². The van der Waals surface area contributed by atoms with Gasteiger partial charge in [0.05, 0.1) is 13.2 Å². The number of nitrogens with one attached hydrogen (secondary N) is 1. The molecule has 1 aliphatic heterocycles. The second-order valence-corrected chi connectivity index (χ2v) is 5.73. The van der Waals surface area contributed by atoms with Crippen LogP contribution in [0.25, 0.3) is 6.08 Å². The number of ether oxygens (including phenoxy) is 3. The molecule has 6 nitrogen and oxygen atoms in total. The van der Waals surface area contributed by atoms with Crippen molar-refractivity contribution in [1.82, 2.24) is 5.32 Å². The van der Waals surface area contributed by atoms with Gasteiger partial charge in [0.25, 0.3) is 5.91 Å². The summed E-state index contributed by atoms with van der Waals surface area (Å²) in [6.07, 6.45) is 1.50. The fourth-order valence-corrected chi connectivity index (χ4v) is 2.65. The van der Waals surface area contributed by atoms with Gasteiger partial charge in [-0.3, -0.25) is 4.79 Å². The van der Waals surface area contributed by atoms with Gasteiger partial charge >= 0.3 is 0 Å². The van der Waals surface area contributed by atoms with Crippen molar-refractivity contribution in [3.8, 4) is 23.3 Å². The number of carbonyl (C=O) groups excluding carboxylic acids is 1. The minimum absolute atomic E-state index is 0.00583. The number of fused-ring (bicyclic) bond motifs is 1. The molecule has 2 aromatic rings. The maximum absolute atomic E-state index is 12.5. The minimum Gasteiger partial charge on any atom is -0.493 e. The summed E-state index contributed by atoms with van der Waals surface area (Å²) in [4.78, 5) is 12.5. The maximum atomic E-state index is 12.5. The Morgan fingerprint density at radius 3 is 2.77 bits per heavy atom. The molecule has 0 radical (unpaired) electrons. The average molecular weight is 350 g/mol. The lowest BCUT2D eigenvalue weighted by Gasteiger charge is -2.14. The molecule has 1 atom stereocenters. The number of hydrogen-bond acceptors (Lipinski definition) is 5. The summed E-state index contributed by atoms with van der Waals surface area (Å²) in [7, 11) is 1.52. The first-order valence-corrected chi connectivity index (χ1v) is 8.07. The number of nitrogens with zero attached hydrogens (tertiary/aromatic N) is 1. The fourth-order valence-electron chi connectivity index (χ4n) is 2.65. The monoisotopic (exact) mass is 350 g/mol. The third kappa shape index (κ3) is 3.62. The van der Waals surface area contributed by atoms with Gasteiger partial charge in [0, 0.05) is 0 Å². The zero-order valence-electron chi connectivity index (χ0n) is 14.5. The Balaban J connectivity index is 1.82. The van der Waals surface area contributed by atoms with Gasteiger partial charge in [-0.25, -0.2) is 0 Å². The van der Waals surface area contributed by atoms with E-state index in [0.717, 1.165) is 5.56 Å². The molecule has 0 spiro atoms. The third-order valence-corrected chi connectivity index (χ3v) is 4.00. The number of benzene rings is 2. The maximum Gasteiger partial charge on any atom is 0.262 e. The summed E-state index contributed by atoms with van der Waals surface area (Å²) < 4.78 is 16.0. The van der Waals surface area contributed by atoms with Crippen LogP contribution in [0.15, 0.2) is 48.0 Å². The lowest BCUT2D eigenvalue weighted by atomic mass is 10.1. The highest BCUT2D eigenvalue weighted by Crippen LogP contribution is 2.42. The summed E-state index contributed by atoms with van der Waals surface area (Å²) in [6.45, 7) is 1.98. The summed E-state index contributed by atoms with van der Waals surface area (Å²) in [5.41, 5.74) is 1.57. The first kappa shape index (κ1) is 17.4. The summed E-state index contributed by atoms with van der Waals surface area (Å²) in [6, 6.07) is 14.7. The molecule has 0 aromatic heterocycles. The zero-order valence-corrected chi connectivity index (χ0v) is 14.5. The molecule has 1 aliphatic rings. The number of nitriles is 1. The number of rotatable bonds is 5. The largest absolute Gasteiger partial charge is 0.493 e. The molecule has 0 saturated heterocycles. The highest BCUT2D eigenvalue weighted by atomic mass is 16.7. The fraction of sp³-hybridized carbons (Fsp3) is 0.200. The van der Waals surface area contributed by atoms with E-state index in [1.165, 1.54) is 13.2 Å². The predicted molar refractivity (Wildman–Crippen MR) is 95.7 cm³/mol. The third-order valence-electron chi connectivity index (χ3n) is 4.00. The van der Waals surface area contributed by atoms with Crippen LogP contribution in [0.4, 0.5) is 0 Å². The van der Waals surface area contributed by atoms with Gasteiger partial charge in [-0.15, -0.1) is 0 Å². The van der Waals surface area contributed by atoms with Crippen molar-refractivity contribution in [2.45, 2.75) is 13.0 Å². The van der Waals surface area contributed by atoms with E-state index in [9.17, 15) is 10.1 Å². The van der Waals surface area contributed by atoms with E-state index < -0.39 is 5.91 Å². The van der Waals surface area contributed by atoms with E-state index in [1.807, 2.05) is 43.3 Å². The van der Waals surface area contributed by atoms with E-state index >= 15 is 0 Å². The van der Waals surface area contributed by atoms with Gasteiger partial charge in [0.2, 0.25) is 12.5 Å². The average Bonchev–Trinajstić information content (AvgIpc) is 3.14. The van der Waals surface area contributed by atoms with Crippen molar-refractivity contribution in [2.24, 2.45) is 0 Å². The Morgan fingerprint density at radius 1 is 1.31 bits per heavy atom. The van der Waals surface area contributed by atoms with Crippen molar-refractivity contribution < 1.29 is 19.0 Å². The molecule has 0 aliphatic carbocycles. The van der Waals surface area contributed by atoms with Gasteiger partial charge in [-0.05, 0) is 36.3 Å². The van der Waals surface area contributed by atoms with Crippen LogP contribution in [0.2, 0.25) is 0 Å². The Labute approximate surface area is 151 Å². The molecule has 2 aromatic carbocycles. The molecule has 6 heteroatoms. The minimum atomic E-state index is -0.444. The van der Waals surface area contributed by atoms with Crippen molar-refractivity contribution >= 4 is 12.0 Å². The molecule has 0 saturated carbocycles. The standard InChI is InChI=1S/C20H18N2O4/c1-13(15-6-4-3-5-7-15)22-20(23)16(11-21)8-14-9-17(24-2)19-18(10-14)25-12-26-19/h3-10,13H,12H2,1-2H3,(H,22,23)/b16-8+/t13-/m1/s1. The Morgan fingerprint density at radius 2 is 2.08 bits per heavy atom. The van der Waals surface area contributed by atoms with E-state index in [4.69, 9.17) is 14.2 Å². The summed E-state index contributed by atoms with van der Waals surface area (Å²) in [5.74, 6) is 1.08. The number of amides is 1. The first-order valence-electron chi connectivity index (χ1n) is 8.07. The molecule has 1 N–H and O–H groups in total. The molecular formula is C20H18N2O4. The van der Waals surface area contributed by atoms with Crippen LogP contribution in [0.3, 0.4) is 0 Å².